The Bertz CT molecular complexity index is 394. The van der Waals surface area contributed by atoms with Gasteiger partial charge in [-0.3, -0.25) is 0 Å². The van der Waals surface area contributed by atoms with Crippen molar-refractivity contribution in [3.05, 3.63) is 22.5 Å². The molecule has 0 nitrogen and oxygen atoms in total. The van der Waals surface area contributed by atoms with Gasteiger partial charge in [-0.05, 0) is 40.5 Å². The monoisotopic (exact) mass is 382 g/mol. The molecule has 17 heavy (non-hydrogen) atoms. The van der Waals surface area contributed by atoms with Crippen molar-refractivity contribution in [2.75, 3.05) is 0 Å². The summed E-state index contributed by atoms with van der Waals surface area (Å²) in [5, 5.41) is 1.80. The molecular formula is C9H8Cl6Si2. The second kappa shape index (κ2) is 4.08. The molecule has 0 heterocycles. The largest absolute Gasteiger partial charge is 0.368 e. The summed E-state index contributed by atoms with van der Waals surface area (Å²) >= 11 is 37.0. The van der Waals surface area contributed by atoms with Crippen LogP contribution in [0, 0.1) is 23.7 Å². The van der Waals surface area contributed by atoms with Gasteiger partial charge in [0.1, 0.15) is 0 Å². The van der Waals surface area contributed by atoms with Gasteiger partial charge in [0.25, 0.3) is 0 Å². The standard InChI is InChI=1S/C9H8Cl6Si2/c10-16(11,12)8-6-4-1-2-5(3-4)7(6)9(8)17(13,14)15/h1-2,4-7H,3H2. The molecule has 94 valence electrons. The van der Waals surface area contributed by atoms with Crippen LogP contribution in [-0.4, -0.2) is 12.0 Å². The average Bonchev–Trinajstić information content (AvgIpc) is 2.53. The molecule has 0 aromatic heterocycles. The Labute approximate surface area is 130 Å². The lowest BCUT2D eigenvalue weighted by Gasteiger charge is -2.47. The topological polar surface area (TPSA) is 0 Å². The highest BCUT2D eigenvalue weighted by Gasteiger charge is 2.64. The van der Waals surface area contributed by atoms with Gasteiger partial charge in [0, 0.05) is 0 Å². The molecule has 2 bridgehead atoms. The molecule has 0 aromatic rings. The summed E-state index contributed by atoms with van der Waals surface area (Å²) in [6.07, 6.45) is 5.58. The van der Waals surface area contributed by atoms with Gasteiger partial charge in [-0.1, -0.05) is 12.2 Å². The summed E-state index contributed by atoms with van der Waals surface area (Å²) < 4.78 is 0. The molecule has 4 atom stereocenters. The Morgan fingerprint density at radius 3 is 1.41 bits per heavy atom. The zero-order chi connectivity index (χ0) is 12.6. The third-order valence-electron chi connectivity index (χ3n) is 4.03. The van der Waals surface area contributed by atoms with Crippen molar-refractivity contribution in [1.29, 1.82) is 0 Å². The van der Waals surface area contributed by atoms with Crippen molar-refractivity contribution >= 4 is 78.5 Å². The van der Waals surface area contributed by atoms with Gasteiger partial charge < -0.3 is 0 Å². The second-order valence-corrected chi connectivity index (χ2v) is 21.6. The SMILES string of the molecule is Cl[Si](Cl)(Cl)C1=C([Si](Cl)(Cl)Cl)C2C3C=CC(C3)C12. The molecule has 1 saturated carbocycles. The maximum absolute atomic E-state index is 6.17. The molecule has 0 N–H and O–H groups in total. The minimum Gasteiger partial charge on any atom is -0.121 e. The van der Waals surface area contributed by atoms with E-state index in [1.54, 1.807) is 0 Å². The second-order valence-electron chi connectivity index (χ2n) is 4.82. The van der Waals surface area contributed by atoms with Crippen LogP contribution in [0.5, 0.6) is 0 Å². The van der Waals surface area contributed by atoms with Gasteiger partial charge in [-0.25, -0.2) is 0 Å². The minimum absolute atomic E-state index is 0.335. The zero-order valence-corrected chi connectivity index (χ0v) is 15.0. The third-order valence-corrected chi connectivity index (χ3v) is 10.4. The van der Waals surface area contributed by atoms with Gasteiger partial charge in [-0.15, -0.1) is 66.5 Å². The van der Waals surface area contributed by atoms with Crippen LogP contribution in [0.4, 0.5) is 0 Å². The molecule has 0 amide bonds. The van der Waals surface area contributed by atoms with E-state index in [1.165, 1.54) is 0 Å². The van der Waals surface area contributed by atoms with Crippen molar-refractivity contribution in [3.8, 4) is 0 Å². The fourth-order valence-electron chi connectivity index (χ4n) is 3.56. The first-order valence-electron chi connectivity index (χ1n) is 5.28. The Hall–Kier alpha value is 1.65. The predicted octanol–water partition coefficient (Wildman–Crippen LogP) is 5.12. The van der Waals surface area contributed by atoms with Crippen molar-refractivity contribution in [2.45, 2.75) is 6.42 Å². The predicted molar refractivity (Wildman–Crippen MR) is 81.4 cm³/mol. The molecule has 0 spiro atoms. The Morgan fingerprint density at radius 2 is 1.12 bits per heavy atom. The summed E-state index contributed by atoms with van der Waals surface area (Å²) in [7, 11) is 0. The highest BCUT2D eigenvalue weighted by molar-refractivity contribution is 7.70. The summed E-state index contributed by atoms with van der Waals surface area (Å²) in [5.74, 6) is 1.66. The number of halogens is 6. The molecule has 3 aliphatic rings. The molecule has 1 fully saturated rings. The first-order chi connectivity index (χ1) is 7.71. The number of fused-ring (bicyclic) bond motifs is 5. The van der Waals surface area contributed by atoms with E-state index in [9.17, 15) is 0 Å². The quantitative estimate of drug-likeness (QED) is 0.352. The van der Waals surface area contributed by atoms with Gasteiger partial charge in [0.15, 0.2) is 0 Å². The van der Waals surface area contributed by atoms with E-state index in [1.807, 2.05) is 0 Å². The highest BCUT2D eigenvalue weighted by Crippen LogP contribution is 2.67. The van der Waals surface area contributed by atoms with Crippen molar-refractivity contribution in [2.24, 2.45) is 23.7 Å². The lowest BCUT2D eigenvalue weighted by Crippen LogP contribution is -2.47. The minimum atomic E-state index is -2.93. The first kappa shape index (κ1) is 13.6. The molecule has 8 heteroatoms. The Balaban J connectivity index is 2.08. The van der Waals surface area contributed by atoms with Crippen molar-refractivity contribution in [1.82, 2.24) is 0 Å². The lowest BCUT2D eigenvalue weighted by molar-refractivity contribution is 0.377. The molecule has 0 aromatic carbocycles. The van der Waals surface area contributed by atoms with Crippen molar-refractivity contribution in [3.63, 3.8) is 0 Å². The summed E-state index contributed by atoms with van der Waals surface area (Å²) in [4.78, 5) is 0. The van der Waals surface area contributed by atoms with Crippen LogP contribution in [0.15, 0.2) is 22.5 Å². The van der Waals surface area contributed by atoms with Crippen LogP contribution >= 0.6 is 66.5 Å². The first-order valence-corrected chi connectivity index (χ1v) is 15.3. The maximum Gasteiger partial charge on any atom is 0.368 e. The Kier molecular flexibility index (Phi) is 3.27. The fraction of sp³-hybridized carbons (Fsp3) is 0.556. The highest BCUT2D eigenvalue weighted by atomic mass is 35.8. The van der Waals surface area contributed by atoms with E-state index < -0.39 is 12.0 Å². The average molecular weight is 385 g/mol. The molecule has 3 rings (SSSR count). The lowest BCUT2D eigenvalue weighted by atomic mass is 9.74. The zero-order valence-electron chi connectivity index (χ0n) is 8.44. The number of hydrogen-bond donors (Lipinski definition) is 0. The van der Waals surface area contributed by atoms with E-state index in [0.717, 1.165) is 16.8 Å². The van der Waals surface area contributed by atoms with Crippen LogP contribution < -0.4 is 0 Å². The van der Waals surface area contributed by atoms with Gasteiger partial charge in [0.2, 0.25) is 0 Å². The molecule has 0 saturated heterocycles. The van der Waals surface area contributed by atoms with Crippen LogP contribution in [0.1, 0.15) is 6.42 Å². The summed E-state index contributed by atoms with van der Waals surface area (Å²) in [6, 6.07) is -5.85. The van der Waals surface area contributed by atoms with E-state index in [0.29, 0.717) is 23.7 Å². The van der Waals surface area contributed by atoms with Crippen LogP contribution in [0.3, 0.4) is 0 Å². The Morgan fingerprint density at radius 1 is 0.765 bits per heavy atom. The van der Waals surface area contributed by atoms with E-state index >= 15 is 0 Å². The summed E-state index contributed by atoms with van der Waals surface area (Å²) in [6.45, 7) is 0. The third kappa shape index (κ3) is 1.99. The summed E-state index contributed by atoms with van der Waals surface area (Å²) in [5.41, 5.74) is 0. The van der Waals surface area contributed by atoms with Crippen LogP contribution in [0.25, 0.3) is 0 Å². The number of allylic oxidation sites excluding steroid dienone is 4. The number of hydrogen-bond acceptors (Lipinski definition) is 0. The van der Waals surface area contributed by atoms with Crippen LogP contribution in [-0.2, 0) is 0 Å². The van der Waals surface area contributed by atoms with Gasteiger partial charge in [0.05, 0.1) is 0 Å². The smallest absolute Gasteiger partial charge is 0.121 e. The molecule has 0 radical (unpaired) electrons. The molecular weight excluding hydrogens is 377 g/mol. The van der Waals surface area contributed by atoms with E-state index in [4.69, 9.17) is 66.5 Å². The fourth-order valence-corrected chi connectivity index (χ4v) is 12.7. The van der Waals surface area contributed by atoms with Gasteiger partial charge in [-0.2, -0.15) is 0 Å². The van der Waals surface area contributed by atoms with Gasteiger partial charge >= 0.3 is 12.0 Å². The molecule has 3 aliphatic carbocycles. The van der Waals surface area contributed by atoms with Crippen molar-refractivity contribution < 1.29 is 0 Å². The maximum atomic E-state index is 6.17. The molecule has 0 aliphatic heterocycles. The number of rotatable bonds is 2. The van der Waals surface area contributed by atoms with Crippen LogP contribution in [0.2, 0.25) is 0 Å². The van der Waals surface area contributed by atoms with E-state index in [2.05, 4.69) is 12.2 Å². The molecule has 4 unspecified atom stereocenters. The van der Waals surface area contributed by atoms with E-state index in [-0.39, 0.29) is 0 Å². The normalized spacial score (nSPS) is 39.6.